The molecule has 12 heteroatoms. The fourth-order valence-corrected chi connectivity index (χ4v) is 6.92. The van der Waals surface area contributed by atoms with E-state index in [1.165, 1.54) is 36.0 Å². The first kappa shape index (κ1) is 30.7. The highest BCUT2D eigenvalue weighted by atomic mass is 32.1. The van der Waals surface area contributed by atoms with Crippen LogP contribution >= 0.6 is 22.7 Å². The molecule has 0 radical (unpaired) electrons. The lowest BCUT2D eigenvalue weighted by Gasteiger charge is -2.25. The van der Waals surface area contributed by atoms with Gasteiger partial charge in [0.05, 0.1) is 39.5 Å². The molecule has 2 aromatic carbocycles. The predicted molar refractivity (Wildman–Crippen MR) is 176 cm³/mol. The zero-order valence-corrected chi connectivity index (χ0v) is 26.8. The van der Waals surface area contributed by atoms with Crippen molar-refractivity contribution >= 4 is 40.7 Å². The van der Waals surface area contributed by atoms with Gasteiger partial charge in [0.1, 0.15) is 12.3 Å². The Morgan fingerprint density at radius 1 is 1.09 bits per heavy atom. The summed E-state index contributed by atoms with van der Waals surface area (Å²) in [7, 11) is 1.44. The van der Waals surface area contributed by atoms with Crippen LogP contribution in [0.15, 0.2) is 106 Å². The maximum Gasteiger partial charge on any atom is 0.338 e. The van der Waals surface area contributed by atoms with E-state index in [4.69, 9.17) is 19.3 Å². The van der Waals surface area contributed by atoms with Crippen LogP contribution in [0.5, 0.6) is 11.5 Å². The highest BCUT2D eigenvalue weighted by Crippen LogP contribution is 2.36. The van der Waals surface area contributed by atoms with Crippen molar-refractivity contribution in [2.45, 2.75) is 19.9 Å². The average molecular weight is 653 g/mol. The topological polar surface area (TPSA) is 114 Å². The number of allylic oxidation sites excluding steroid dienone is 1. The van der Waals surface area contributed by atoms with Gasteiger partial charge in [-0.3, -0.25) is 14.2 Å². The van der Waals surface area contributed by atoms with Crippen molar-refractivity contribution in [3.05, 3.63) is 127 Å². The normalized spacial score (nSPS) is 14.4. The van der Waals surface area contributed by atoms with E-state index in [9.17, 15) is 14.4 Å². The van der Waals surface area contributed by atoms with E-state index < -0.39 is 18.0 Å². The standard InChI is InChI=1S/C34H28N4O6S2/c1-5-15-43-33(41)29-20(2)35-34-38(31(29)22-13-14-25(44-21(3)39)26(17-22)42-4)32(40)28(46-34)18-23-19-37(24-10-7-6-8-11-24)36-30(23)27-12-9-16-45-27/h5-14,16-19,31H,1,15H2,2-4H3. The molecule has 6 rings (SSSR count). The Kier molecular flexibility index (Phi) is 8.64. The Bertz CT molecular complexity index is 2180. The Morgan fingerprint density at radius 2 is 1.89 bits per heavy atom. The van der Waals surface area contributed by atoms with Crippen LogP contribution in [0.2, 0.25) is 0 Å². The molecular formula is C34H28N4O6S2. The molecule has 0 bridgehead atoms. The molecule has 0 fully saturated rings. The van der Waals surface area contributed by atoms with Gasteiger partial charge in [0.15, 0.2) is 16.3 Å². The van der Waals surface area contributed by atoms with Crippen LogP contribution in [0.25, 0.3) is 22.3 Å². The smallest absolute Gasteiger partial charge is 0.338 e. The van der Waals surface area contributed by atoms with Crippen LogP contribution in [0.4, 0.5) is 0 Å². The molecule has 0 spiro atoms. The number of carbonyl (C=O) groups excluding carboxylic acids is 2. The number of thiazole rings is 1. The number of carbonyl (C=O) groups is 2. The van der Waals surface area contributed by atoms with Crippen molar-refractivity contribution in [2.24, 2.45) is 4.99 Å². The van der Waals surface area contributed by atoms with E-state index >= 15 is 0 Å². The molecule has 232 valence electrons. The van der Waals surface area contributed by atoms with Crippen molar-refractivity contribution in [2.75, 3.05) is 13.7 Å². The van der Waals surface area contributed by atoms with E-state index in [0.29, 0.717) is 20.6 Å². The fourth-order valence-electron chi connectivity index (χ4n) is 5.16. The third kappa shape index (κ3) is 5.87. The van der Waals surface area contributed by atoms with Crippen LogP contribution in [-0.2, 0) is 14.3 Å². The molecule has 0 saturated carbocycles. The number of hydrogen-bond acceptors (Lipinski definition) is 10. The minimum absolute atomic E-state index is 0.0155. The number of thiophene rings is 1. The molecule has 1 aliphatic rings. The Hall–Kier alpha value is -5.33. The van der Waals surface area contributed by atoms with E-state index in [1.807, 2.05) is 60.1 Å². The number of aromatic nitrogens is 3. The van der Waals surface area contributed by atoms with Crippen molar-refractivity contribution in [3.63, 3.8) is 0 Å². The van der Waals surface area contributed by atoms with Crippen molar-refractivity contribution in [1.29, 1.82) is 0 Å². The maximum absolute atomic E-state index is 14.3. The predicted octanol–water partition coefficient (Wildman–Crippen LogP) is 4.81. The monoisotopic (exact) mass is 652 g/mol. The lowest BCUT2D eigenvalue weighted by atomic mass is 9.95. The molecule has 1 unspecified atom stereocenters. The fraction of sp³-hybridized carbons (Fsp3) is 0.147. The Morgan fingerprint density at radius 3 is 2.59 bits per heavy atom. The molecule has 1 aliphatic heterocycles. The zero-order valence-electron chi connectivity index (χ0n) is 25.1. The van der Waals surface area contributed by atoms with Crippen LogP contribution in [0.1, 0.15) is 31.0 Å². The summed E-state index contributed by atoms with van der Waals surface area (Å²) in [5, 5.41) is 6.84. The molecule has 4 heterocycles. The summed E-state index contributed by atoms with van der Waals surface area (Å²) in [4.78, 5) is 45.4. The Labute approximate surface area is 271 Å². The molecule has 5 aromatic rings. The van der Waals surface area contributed by atoms with Crippen LogP contribution in [-0.4, -0.2) is 40.0 Å². The minimum atomic E-state index is -0.903. The summed E-state index contributed by atoms with van der Waals surface area (Å²) in [6.07, 6.45) is 5.17. The first-order chi connectivity index (χ1) is 22.3. The van der Waals surface area contributed by atoms with E-state index in [2.05, 4.69) is 11.6 Å². The molecule has 10 nitrogen and oxygen atoms in total. The second-order valence-corrected chi connectivity index (χ2v) is 12.1. The Balaban J connectivity index is 1.54. The third-order valence-corrected chi connectivity index (χ3v) is 8.99. The van der Waals surface area contributed by atoms with Crippen LogP contribution < -0.4 is 24.4 Å². The molecule has 0 amide bonds. The zero-order chi connectivity index (χ0) is 32.4. The first-order valence-electron chi connectivity index (χ1n) is 14.1. The summed E-state index contributed by atoms with van der Waals surface area (Å²) >= 11 is 2.77. The number of nitrogens with zero attached hydrogens (tertiary/aromatic N) is 4. The highest BCUT2D eigenvalue weighted by molar-refractivity contribution is 7.13. The number of para-hydroxylation sites is 1. The molecule has 0 N–H and O–H groups in total. The number of ether oxygens (including phenoxy) is 3. The molecule has 3 aromatic heterocycles. The van der Waals surface area contributed by atoms with E-state index in [0.717, 1.165) is 21.8 Å². The molecular weight excluding hydrogens is 625 g/mol. The SMILES string of the molecule is C=CCOC(=O)C1=C(C)N=c2sc(=Cc3cn(-c4ccccc4)nc3-c3cccs3)c(=O)n2C1c1ccc(OC(C)=O)c(OC)c1. The van der Waals surface area contributed by atoms with Gasteiger partial charge in [-0.2, -0.15) is 5.10 Å². The lowest BCUT2D eigenvalue weighted by Crippen LogP contribution is -2.40. The second-order valence-electron chi connectivity index (χ2n) is 10.2. The number of rotatable bonds is 9. The van der Waals surface area contributed by atoms with Gasteiger partial charge < -0.3 is 14.2 Å². The summed E-state index contributed by atoms with van der Waals surface area (Å²) < 4.78 is 19.9. The van der Waals surface area contributed by atoms with Gasteiger partial charge >= 0.3 is 11.9 Å². The maximum atomic E-state index is 14.3. The number of methoxy groups -OCH3 is 1. The first-order valence-corrected chi connectivity index (χ1v) is 15.8. The van der Waals surface area contributed by atoms with Gasteiger partial charge in [-0.15, -0.1) is 11.3 Å². The molecule has 0 aliphatic carbocycles. The van der Waals surface area contributed by atoms with E-state index in [-0.39, 0.29) is 29.2 Å². The van der Waals surface area contributed by atoms with Gasteiger partial charge in [-0.1, -0.05) is 54.3 Å². The van der Waals surface area contributed by atoms with Crippen molar-refractivity contribution < 1.29 is 23.8 Å². The summed E-state index contributed by atoms with van der Waals surface area (Å²) in [6, 6.07) is 17.7. The van der Waals surface area contributed by atoms with E-state index in [1.54, 1.807) is 41.1 Å². The summed E-state index contributed by atoms with van der Waals surface area (Å²) in [5.41, 5.74) is 3.16. The van der Waals surface area contributed by atoms with Gasteiger partial charge in [-0.25, -0.2) is 14.5 Å². The van der Waals surface area contributed by atoms with Gasteiger partial charge in [-0.05, 0) is 54.3 Å². The van der Waals surface area contributed by atoms with Crippen molar-refractivity contribution in [3.8, 4) is 27.8 Å². The average Bonchev–Trinajstić information content (AvgIpc) is 3.80. The van der Waals surface area contributed by atoms with Crippen LogP contribution in [0, 0.1) is 0 Å². The molecule has 46 heavy (non-hydrogen) atoms. The molecule has 0 saturated heterocycles. The van der Waals surface area contributed by atoms with Crippen molar-refractivity contribution in [1.82, 2.24) is 14.3 Å². The third-order valence-electron chi connectivity index (χ3n) is 7.14. The molecule has 1 atom stereocenters. The minimum Gasteiger partial charge on any atom is -0.493 e. The van der Waals surface area contributed by atoms with Gasteiger partial charge in [0.25, 0.3) is 5.56 Å². The second kappa shape index (κ2) is 13.0. The van der Waals surface area contributed by atoms with Crippen LogP contribution in [0.3, 0.4) is 0 Å². The number of esters is 2. The summed E-state index contributed by atoms with van der Waals surface area (Å²) in [5.74, 6) is -0.676. The highest BCUT2D eigenvalue weighted by Gasteiger charge is 2.34. The number of fused-ring (bicyclic) bond motifs is 1. The quantitative estimate of drug-likeness (QED) is 0.128. The number of hydrogen-bond donors (Lipinski definition) is 0. The summed E-state index contributed by atoms with van der Waals surface area (Å²) in [6.45, 7) is 6.61. The largest absolute Gasteiger partial charge is 0.493 e. The lowest BCUT2D eigenvalue weighted by molar-refractivity contribution is -0.138. The van der Waals surface area contributed by atoms with Gasteiger partial charge in [0.2, 0.25) is 0 Å². The number of benzene rings is 2. The van der Waals surface area contributed by atoms with Gasteiger partial charge in [0, 0.05) is 18.7 Å².